The third-order valence-electron chi connectivity index (χ3n) is 5.03. The maximum absolute atomic E-state index is 13.3. The molecule has 6 heteroatoms. The van der Waals surface area contributed by atoms with E-state index in [1.807, 2.05) is 44.3 Å². The zero-order valence-electron chi connectivity index (χ0n) is 17.4. The van der Waals surface area contributed by atoms with E-state index in [4.69, 9.17) is 21.3 Å². The standard InChI is InChI=1S/C23H28ClN3O2/c1-5-7-8-13-26-21(18-9-11-19(24)12-10-18)15-27-22(28)20(14-16(3)29-6-2)17(4)25-23(26)27/h9-12,15H,3,5-8,13-14H2,1-2,4H3. The van der Waals surface area contributed by atoms with Crippen molar-refractivity contribution in [3.05, 3.63) is 69.4 Å². The topological polar surface area (TPSA) is 48.5 Å². The molecule has 0 aliphatic heterocycles. The molecule has 0 aliphatic rings. The van der Waals surface area contributed by atoms with Gasteiger partial charge in [0, 0.05) is 29.7 Å². The number of nitrogens with zero attached hydrogens (tertiary/aromatic N) is 3. The fourth-order valence-corrected chi connectivity index (χ4v) is 3.64. The molecular weight excluding hydrogens is 386 g/mol. The van der Waals surface area contributed by atoms with Gasteiger partial charge in [0.1, 0.15) is 0 Å². The monoisotopic (exact) mass is 413 g/mol. The molecule has 0 bridgehead atoms. The highest BCUT2D eigenvalue weighted by Gasteiger charge is 2.18. The van der Waals surface area contributed by atoms with Gasteiger partial charge in [-0.05, 0) is 38.0 Å². The zero-order valence-corrected chi connectivity index (χ0v) is 18.1. The van der Waals surface area contributed by atoms with Gasteiger partial charge in [-0.3, -0.25) is 9.20 Å². The van der Waals surface area contributed by atoms with Gasteiger partial charge in [-0.25, -0.2) is 4.98 Å². The Morgan fingerprint density at radius 1 is 1.21 bits per heavy atom. The lowest BCUT2D eigenvalue weighted by Gasteiger charge is -2.11. The van der Waals surface area contributed by atoms with Crippen LogP contribution in [0.3, 0.4) is 0 Å². The Bertz CT molecular complexity index is 1060. The number of aryl methyl sites for hydroxylation is 2. The Labute approximate surface area is 176 Å². The molecule has 0 spiro atoms. The van der Waals surface area contributed by atoms with Crippen molar-refractivity contribution in [3.8, 4) is 11.3 Å². The van der Waals surface area contributed by atoms with Crippen molar-refractivity contribution in [2.75, 3.05) is 6.61 Å². The summed E-state index contributed by atoms with van der Waals surface area (Å²) in [6.45, 7) is 11.2. The van der Waals surface area contributed by atoms with Gasteiger partial charge in [-0.1, -0.05) is 50.1 Å². The number of imidazole rings is 1. The quantitative estimate of drug-likeness (QED) is 0.348. The summed E-state index contributed by atoms with van der Waals surface area (Å²) in [4.78, 5) is 18.1. The second-order valence-electron chi connectivity index (χ2n) is 7.18. The Kier molecular flexibility index (Phi) is 6.80. The molecule has 3 aromatic rings. The highest BCUT2D eigenvalue weighted by atomic mass is 35.5. The Morgan fingerprint density at radius 3 is 2.59 bits per heavy atom. The number of unbranched alkanes of at least 4 members (excludes halogenated alkanes) is 2. The molecule has 154 valence electrons. The van der Waals surface area contributed by atoms with Gasteiger partial charge in [-0.2, -0.15) is 0 Å². The van der Waals surface area contributed by atoms with Crippen molar-refractivity contribution >= 4 is 17.4 Å². The largest absolute Gasteiger partial charge is 0.498 e. The maximum Gasteiger partial charge on any atom is 0.262 e. The number of aromatic nitrogens is 3. The van der Waals surface area contributed by atoms with E-state index in [1.165, 1.54) is 0 Å². The zero-order chi connectivity index (χ0) is 21.0. The number of fused-ring (bicyclic) bond motifs is 1. The first-order valence-corrected chi connectivity index (χ1v) is 10.5. The summed E-state index contributed by atoms with van der Waals surface area (Å²) in [5.74, 6) is 1.24. The van der Waals surface area contributed by atoms with Crippen molar-refractivity contribution in [2.24, 2.45) is 0 Å². The Hall–Kier alpha value is -2.53. The van der Waals surface area contributed by atoms with Gasteiger partial charge in [0.15, 0.2) is 0 Å². The predicted molar refractivity (Wildman–Crippen MR) is 119 cm³/mol. The van der Waals surface area contributed by atoms with E-state index in [-0.39, 0.29) is 5.56 Å². The van der Waals surface area contributed by atoms with Crippen molar-refractivity contribution in [1.82, 2.24) is 14.0 Å². The van der Waals surface area contributed by atoms with Crippen LogP contribution in [-0.2, 0) is 17.7 Å². The van der Waals surface area contributed by atoms with Crippen LogP contribution in [0.25, 0.3) is 17.0 Å². The number of halogens is 1. The van der Waals surface area contributed by atoms with Gasteiger partial charge in [0.25, 0.3) is 5.56 Å². The number of hydrogen-bond acceptors (Lipinski definition) is 3. The molecule has 0 aliphatic carbocycles. The van der Waals surface area contributed by atoms with Crippen LogP contribution in [0.2, 0.25) is 5.02 Å². The first-order valence-electron chi connectivity index (χ1n) is 10.1. The normalized spacial score (nSPS) is 11.2. The minimum Gasteiger partial charge on any atom is -0.498 e. The average molecular weight is 414 g/mol. The van der Waals surface area contributed by atoms with Gasteiger partial charge >= 0.3 is 0 Å². The van der Waals surface area contributed by atoms with Gasteiger partial charge in [-0.15, -0.1) is 0 Å². The first kappa shape index (κ1) is 21.2. The van der Waals surface area contributed by atoms with Crippen molar-refractivity contribution in [2.45, 2.75) is 53.0 Å². The summed E-state index contributed by atoms with van der Waals surface area (Å²) in [5.41, 5.74) is 3.23. The molecule has 0 radical (unpaired) electrons. The van der Waals surface area contributed by atoms with E-state index in [9.17, 15) is 4.79 Å². The predicted octanol–water partition coefficient (Wildman–Crippen LogP) is 5.41. The molecule has 1 aromatic carbocycles. The molecule has 0 unspecified atom stereocenters. The van der Waals surface area contributed by atoms with Crippen LogP contribution in [0.4, 0.5) is 0 Å². The summed E-state index contributed by atoms with van der Waals surface area (Å²) in [6, 6.07) is 7.68. The second kappa shape index (κ2) is 9.31. The number of benzene rings is 1. The molecule has 5 nitrogen and oxygen atoms in total. The van der Waals surface area contributed by atoms with Crippen LogP contribution in [-0.4, -0.2) is 20.6 Å². The molecule has 0 fully saturated rings. The molecular formula is C23H28ClN3O2. The summed E-state index contributed by atoms with van der Waals surface area (Å²) in [6.07, 6.45) is 5.53. The van der Waals surface area contributed by atoms with Crippen LogP contribution in [0, 0.1) is 6.92 Å². The lowest BCUT2D eigenvalue weighted by Crippen LogP contribution is -2.22. The van der Waals surface area contributed by atoms with Crippen LogP contribution in [0.5, 0.6) is 0 Å². The SMILES string of the molecule is C=C(Cc1c(C)nc2n(CCCCC)c(-c3ccc(Cl)cc3)cn2c1=O)OCC. The molecule has 0 saturated carbocycles. The molecule has 0 saturated heterocycles. The highest BCUT2D eigenvalue weighted by Crippen LogP contribution is 2.25. The van der Waals surface area contributed by atoms with Gasteiger partial charge in [0.05, 0.1) is 23.8 Å². The van der Waals surface area contributed by atoms with E-state index in [0.29, 0.717) is 40.8 Å². The number of allylic oxidation sites excluding steroid dienone is 1. The van der Waals surface area contributed by atoms with Crippen molar-refractivity contribution in [1.29, 1.82) is 0 Å². The van der Waals surface area contributed by atoms with Gasteiger partial charge < -0.3 is 9.30 Å². The van der Waals surface area contributed by atoms with Crippen LogP contribution in [0.1, 0.15) is 44.4 Å². The van der Waals surface area contributed by atoms with E-state index >= 15 is 0 Å². The van der Waals surface area contributed by atoms with E-state index < -0.39 is 0 Å². The molecule has 0 atom stereocenters. The Morgan fingerprint density at radius 2 is 1.93 bits per heavy atom. The minimum atomic E-state index is -0.0715. The highest BCUT2D eigenvalue weighted by molar-refractivity contribution is 6.30. The fraction of sp³-hybridized carbons (Fsp3) is 0.391. The second-order valence-corrected chi connectivity index (χ2v) is 7.62. The lowest BCUT2D eigenvalue weighted by atomic mass is 10.1. The fourth-order valence-electron chi connectivity index (χ4n) is 3.52. The molecule has 0 amide bonds. The molecule has 2 heterocycles. The van der Waals surface area contributed by atoms with E-state index in [0.717, 1.165) is 37.1 Å². The molecule has 0 N–H and O–H groups in total. The van der Waals surface area contributed by atoms with Crippen molar-refractivity contribution in [3.63, 3.8) is 0 Å². The average Bonchev–Trinajstić information content (AvgIpc) is 3.05. The number of ether oxygens (including phenoxy) is 1. The summed E-state index contributed by atoms with van der Waals surface area (Å²) in [7, 11) is 0. The van der Waals surface area contributed by atoms with Crippen LogP contribution < -0.4 is 5.56 Å². The summed E-state index contributed by atoms with van der Waals surface area (Å²) < 4.78 is 9.24. The Balaban J connectivity index is 2.15. The van der Waals surface area contributed by atoms with Crippen LogP contribution >= 0.6 is 11.6 Å². The van der Waals surface area contributed by atoms with Crippen LogP contribution in [0.15, 0.2) is 47.6 Å². The van der Waals surface area contributed by atoms with Crippen molar-refractivity contribution < 1.29 is 4.74 Å². The minimum absolute atomic E-state index is 0.0715. The van der Waals surface area contributed by atoms with Gasteiger partial charge in [0.2, 0.25) is 5.78 Å². The third kappa shape index (κ3) is 4.56. The summed E-state index contributed by atoms with van der Waals surface area (Å²) in [5, 5.41) is 0.685. The molecule has 29 heavy (non-hydrogen) atoms. The first-order chi connectivity index (χ1) is 14.0. The smallest absolute Gasteiger partial charge is 0.262 e. The number of hydrogen-bond donors (Lipinski definition) is 0. The molecule has 2 aromatic heterocycles. The number of rotatable bonds is 9. The lowest BCUT2D eigenvalue weighted by molar-refractivity contribution is 0.224. The maximum atomic E-state index is 13.3. The van der Waals surface area contributed by atoms with E-state index in [1.54, 1.807) is 4.40 Å². The third-order valence-corrected chi connectivity index (χ3v) is 5.28. The van der Waals surface area contributed by atoms with E-state index in [2.05, 4.69) is 18.1 Å². The summed E-state index contributed by atoms with van der Waals surface area (Å²) >= 11 is 6.07. The molecule has 3 rings (SSSR count).